The topological polar surface area (TPSA) is 74.6 Å². The fourth-order valence-corrected chi connectivity index (χ4v) is 4.46. The van der Waals surface area contributed by atoms with E-state index in [9.17, 15) is 9.59 Å². The Kier molecular flexibility index (Phi) is 4.44. The Morgan fingerprint density at radius 2 is 2.12 bits per heavy atom. The van der Waals surface area contributed by atoms with Gasteiger partial charge in [0.15, 0.2) is 0 Å². The molecule has 1 aliphatic heterocycles. The minimum absolute atomic E-state index is 0.0111. The van der Waals surface area contributed by atoms with E-state index in [4.69, 9.17) is 4.42 Å². The largest absolute Gasteiger partial charge is 0.467 e. The molecule has 2 atom stereocenters. The molecule has 1 aromatic rings. The molecule has 3 fully saturated rings. The highest BCUT2D eigenvalue weighted by molar-refractivity contribution is 5.83. The van der Waals surface area contributed by atoms with E-state index in [1.807, 2.05) is 17.0 Å². The van der Waals surface area contributed by atoms with E-state index in [0.29, 0.717) is 19.1 Å². The number of carbonyl (C=O) groups excluding carboxylic acids is 2. The molecular formula is C19H27N3O3. The van der Waals surface area contributed by atoms with Gasteiger partial charge >= 0.3 is 6.03 Å². The lowest BCUT2D eigenvalue weighted by atomic mass is 9.96. The molecule has 6 heteroatoms. The lowest BCUT2D eigenvalue weighted by molar-refractivity contribution is -0.123. The molecule has 2 N–H and O–H groups in total. The molecule has 1 saturated heterocycles. The number of carbonyl (C=O) groups is 2. The summed E-state index contributed by atoms with van der Waals surface area (Å²) in [5, 5.41) is 6.14. The molecule has 0 bridgehead atoms. The molecule has 0 unspecified atom stereocenters. The van der Waals surface area contributed by atoms with E-state index in [1.54, 1.807) is 6.26 Å². The summed E-state index contributed by atoms with van der Waals surface area (Å²) < 4.78 is 5.25. The van der Waals surface area contributed by atoms with Crippen molar-refractivity contribution in [3.63, 3.8) is 0 Å². The second kappa shape index (κ2) is 6.73. The summed E-state index contributed by atoms with van der Waals surface area (Å²) in [5.41, 5.74) is 0.0111. The van der Waals surface area contributed by atoms with Crippen LogP contribution in [0.2, 0.25) is 0 Å². The number of urea groups is 1. The number of rotatable bonds is 4. The average molecular weight is 345 g/mol. The summed E-state index contributed by atoms with van der Waals surface area (Å²) in [6.07, 6.45) is 9.35. The van der Waals surface area contributed by atoms with Crippen LogP contribution in [0, 0.1) is 11.3 Å². The molecule has 2 heterocycles. The van der Waals surface area contributed by atoms with Gasteiger partial charge < -0.3 is 20.0 Å². The second-order valence-corrected chi connectivity index (χ2v) is 7.87. The van der Waals surface area contributed by atoms with Crippen molar-refractivity contribution in [1.82, 2.24) is 15.5 Å². The Hall–Kier alpha value is -1.98. The summed E-state index contributed by atoms with van der Waals surface area (Å²) in [4.78, 5) is 26.8. The van der Waals surface area contributed by atoms with Crippen LogP contribution in [-0.2, 0) is 11.3 Å². The second-order valence-electron chi connectivity index (χ2n) is 7.87. The van der Waals surface area contributed by atoms with E-state index < -0.39 is 0 Å². The number of nitrogens with one attached hydrogen (secondary N) is 2. The van der Waals surface area contributed by atoms with E-state index in [0.717, 1.165) is 38.0 Å². The van der Waals surface area contributed by atoms with Gasteiger partial charge in [-0.25, -0.2) is 4.79 Å². The van der Waals surface area contributed by atoms with Crippen LogP contribution in [0.5, 0.6) is 0 Å². The van der Waals surface area contributed by atoms with Crippen molar-refractivity contribution in [2.24, 2.45) is 11.3 Å². The van der Waals surface area contributed by atoms with Crippen LogP contribution in [0.3, 0.4) is 0 Å². The maximum Gasteiger partial charge on any atom is 0.317 e. The zero-order valence-electron chi connectivity index (χ0n) is 14.6. The first-order valence-electron chi connectivity index (χ1n) is 9.52. The number of nitrogens with zero attached hydrogens (tertiary/aromatic N) is 1. The lowest BCUT2D eigenvalue weighted by Crippen LogP contribution is -2.44. The molecule has 6 nitrogen and oxygen atoms in total. The quantitative estimate of drug-likeness (QED) is 0.881. The van der Waals surface area contributed by atoms with E-state index in [-0.39, 0.29) is 23.3 Å². The number of likely N-dealkylation sites (tertiary alicyclic amines) is 1. The van der Waals surface area contributed by atoms with Gasteiger partial charge in [-0.2, -0.15) is 0 Å². The third-order valence-electron chi connectivity index (χ3n) is 6.13. The molecule has 136 valence electrons. The fraction of sp³-hybridized carbons (Fsp3) is 0.684. The van der Waals surface area contributed by atoms with Gasteiger partial charge in [0.2, 0.25) is 5.91 Å². The highest BCUT2D eigenvalue weighted by Crippen LogP contribution is 2.58. The Bertz CT molecular complexity index is 624. The minimum atomic E-state index is 0.0111. The number of hydrogen-bond acceptors (Lipinski definition) is 3. The summed E-state index contributed by atoms with van der Waals surface area (Å²) in [6.45, 7) is 1.91. The van der Waals surface area contributed by atoms with Gasteiger partial charge in [-0.3, -0.25) is 4.79 Å². The highest BCUT2D eigenvalue weighted by Gasteiger charge is 2.61. The standard InChI is InChI=1S/C19H27N3O3/c23-17(20-12-15-7-4-10-25-15)16-11-19(16)8-9-22(13-19)18(24)21-14-5-2-1-3-6-14/h4,7,10,14,16H,1-3,5-6,8-9,11-13H2,(H,20,23)(H,21,24)/t16-,19+/m1/s1. The van der Waals surface area contributed by atoms with E-state index in [2.05, 4.69) is 10.6 Å². The zero-order chi connectivity index (χ0) is 17.3. The Morgan fingerprint density at radius 1 is 1.28 bits per heavy atom. The van der Waals surface area contributed by atoms with Crippen LogP contribution >= 0.6 is 0 Å². The van der Waals surface area contributed by atoms with Gasteiger partial charge in [-0.05, 0) is 37.8 Å². The molecule has 1 aromatic heterocycles. The molecular weight excluding hydrogens is 318 g/mol. The molecule has 4 rings (SSSR count). The maximum atomic E-state index is 12.5. The number of amides is 3. The third kappa shape index (κ3) is 3.53. The summed E-state index contributed by atoms with van der Waals surface area (Å²) in [7, 11) is 0. The van der Waals surface area contributed by atoms with E-state index in [1.165, 1.54) is 19.3 Å². The van der Waals surface area contributed by atoms with Crippen LogP contribution < -0.4 is 10.6 Å². The predicted octanol–water partition coefficient (Wildman–Crippen LogP) is 2.65. The molecule has 25 heavy (non-hydrogen) atoms. The minimum Gasteiger partial charge on any atom is -0.467 e. The Balaban J connectivity index is 1.24. The molecule has 2 saturated carbocycles. The summed E-state index contributed by atoms with van der Waals surface area (Å²) in [6, 6.07) is 4.07. The van der Waals surface area contributed by atoms with Crippen molar-refractivity contribution in [2.45, 2.75) is 57.5 Å². The predicted molar refractivity (Wildman–Crippen MR) is 92.7 cm³/mol. The van der Waals surface area contributed by atoms with Gasteiger partial charge in [-0.15, -0.1) is 0 Å². The molecule has 0 radical (unpaired) electrons. The molecule has 3 amide bonds. The van der Waals surface area contributed by atoms with Gasteiger partial charge in [0, 0.05) is 30.5 Å². The van der Waals surface area contributed by atoms with Gasteiger partial charge in [0.1, 0.15) is 5.76 Å². The first-order chi connectivity index (χ1) is 12.2. The SMILES string of the molecule is O=C(NCc1ccco1)[C@H]1C[C@]12CCN(C(=O)NC1CCCCC1)C2. The smallest absolute Gasteiger partial charge is 0.317 e. The average Bonchev–Trinajstić information content (AvgIpc) is 2.97. The van der Waals surface area contributed by atoms with Crippen molar-refractivity contribution in [2.75, 3.05) is 13.1 Å². The first-order valence-corrected chi connectivity index (χ1v) is 9.52. The Labute approximate surface area is 148 Å². The van der Waals surface area contributed by atoms with Crippen molar-refractivity contribution < 1.29 is 14.0 Å². The monoisotopic (exact) mass is 345 g/mol. The lowest BCUT2D eigenvalue weighted by Gasteiger charge is -2.26. The van der Waals surface area contributed by atoms with Crippen molar-refractivity contribution in [3.05, 3.63) is 24.2 Å². The fourth-order valence-electron chi connectivity index (χ4n) is 4.46. The highest BCUT2D eigenvalue weighted by atomic mass is 16.3. The van der Waals surface area contributed by atoms with Gasteiger partial charge in [0.05, 0.1) is 12.8 Å². The van der Waals surface area contributed by atoms with Crippen LogP contribution in [-0.4, -0.2) is 36.0 Å². The van der Waals surface area contributed by atoms with E-state index >= 15 is 0 Å². The van der Waals surface area contributed by atoms with Crippen molar-refractivity contribution >= 4 is 11.9 Å². The normalized spacial score (nSPS) is 29.0. The Morgan fingerprint density at radius 3 is 2.88 bits per heavy atom. The van der Waals surface area contributed by atoms with Crippen LogP contribution in [0.15, 0.2) is 22.8 Å². The summed E-state index contributed by atoms with van der Waals surface area (Å²) in [5.74, 6) is 0.892. The van der Waals surface area contributed by atoms with Crippen LogP contribution in [0.25, 0.3) is 0 Å². The van der Waals surface area contributed by atoms with Crippen LogP contribution in [0.1, 0.15) is 50.7 Å². The number of furan rings is 1. The molecule has 3 aliphatic rings. The molecule has 1 spiro atoms. The summed E-state index contributed by atoms with van der Waals surface area (Å²) >= 11 is 0. The third-order valence-corrected chi connectivity index (χ3v) is 6.13. The molecule has 0 aromatic carbocycles. The van der Waals surface area contributed by atoms with Crippen molar-refractivity contribution in [1.29, 1.82) is 0 Å². The zero-order valence-corrected chi connectivity index (χ0v) is 14.6. The number of hydrogen-bond donors (Lipinski definition) is 2. The van der Waals surface area contributed by atoms with Gasteiger partial charge in [0.25, 0.3) is 0 Å². The van der Waals surface area contributed by atoms with Crippen LogP contribution in [0.4, 0.5) is 4.79 Å². The van der Waals surface area contributed by atoms with Crippen molar-refractivity contribution in [3.8, 4) is 0 Å². The maximum absolute atomic E-state index is 12.5. The molecule has 2 aliphatic carbocycles. The first kappa shape index (κ1) is 16.5. The van der Waals surface area contributed by atoms with Gasteiger partial charge in [-0.1, -0.05) is 19.3 Å².